The summed E-state index contributed by atoms with van der Waals surface area (Å²) in [4.78, 5) is 21.5. The molecule has 0 radical (unpaired) electrons. The molecule has 3 aromatic rings. The molecule has 0 aliphatic carbocycles. The van der Waals surface area contributed by atoms with Crippen LogP contribution in [0.25, 0.3) is 21.7 Å². The second-order valence-corrected chi connectivity index (χ2v) is 6.04. The zero-order valence-corrected chi connectivity index (χ0v) is 11.8. The molecule has 90 valence electrons. The smallest absolute Gasteiger partial charge is 0.280 e. The monoisotopic (exact) mass is 321 g/mol. The van der Waals surface area contributed by atoms with Gasteiger partial charge in [0.2, 0.25) is 0 Å². The van der Waals surface area contributed by atoms with Crippen molar-refractivity contribution in [3.63, 3.8) is 0 Å². The third kappa shape index (κ3) is 1.77. The van der Waals surface area contributed by atoms with Crippen LogP contribution in [-0.4, -0.2) is 14.5 Å². The van der Waals surface area contributed by atoms with Crippen LogP contribution in [0.3, 0.4) is 0 Å². The SMILES string of the molecule is Cn1c(-c2ccccc2)nc2sc(Br)nc2c1=O. The number of rotatable bonds is 1. The molecule has 6 heteroatoms. The average molecular weight is 322 g/mol. The van der Waals surface area contributed by atoms with Crippen molar-refractivity contribution in [3.05, 3.63) is 44.6 Å². The summed E-state index contributed by atoms with van der Waals surface area (Å²) < 4.78 is 2.21. The Labute approximate surface area is 115 Å². The van der Waals surface area contributed by atoms with E-state index in [9.17, 15) is 4.79 Å². The van der Waals surface area contributed by atoms with Gasteiger partial charge < -0.3 is 0 Å². The van der Waals surface area contributed by atoms with Gasteiger partial charge in [-0.2, -0.15) is 0 Å². The first-order valence-electron chi connectivity index (χ1n) is 5.25. The molecule has 18 heavy (non-hydrogen) atoms. The minimum atomic E-state index is -0.124. The van der Waals surface area contributed by atoms with E-state index in [1.54, 1.807) is 7.05 Å². The summed E-state index contributed by atoms with van der Waals surface area (Å²) in [6, 6.07) is 9.65. The van der Waals surface area contributed by atoms with Crippen LogP contribution in [-0.2, 0) is 7.05 Å². The minimum Gasteiger partial charge on any atom is -0.294 e. The molecule has 0 spiro atoms. The van der Waals surface area contributed by atoms with Crippen LogP contribution in [0, 0.1) is 0 Å². The molecule has 2 aromatic heterocycles. The maximum atomic E-state index is 12.2. The van der Waals surface area contributed by atoms with Crippen LogP contribution in [0.15, 0.2) is 39.0 Å². The fourth-order valence-corrected chi connectivity index (χ4v) is 3.07. The Bertz CT molecular complexity index is 779. The highest BCUT2D eigenvalue weighted by atomic mass is 79.9. The van der Waals surface area contributed by atoms with Crippen LogP contribution < -0.4 is 5.56 Å². The predicted molar refractivity (Wildman–Crippen MR) is 75.8 cm³/mol. The van der Waals surface area contributed by atoms with Crippen molar-refractivity contribution in [2.75, 3.05) is 0 Å². The van der Waals surface area contributed by atoms with Gasteiger partial charge in [-0.05, 0) is 15.9 Å². The maximum absolute atomic E-state index is 12.2. The summed E-state index contributed by atoms with van der Waals surface area (Å²) in [5.74, 6) is 0.657. The Hall–Kier alpha value is -1.53. The molecule has 0 aliphatic heterocycles. The van der Waals surface area contributed by atoms with Gasteiger partial charge in [0.05, 0.1) is 0 Å². The van der Waals surface area contributed by atoms with Crippen LogP contribution in [0.1, 0.15) is 0 Å². The van der Waals surface area contributed by atoms with E-state index in [1.165, 1.54) is 15.9 Å². The molecule has 4 nitrogen and oxygen atoms in total. The molecule has 0 aliphatic rings. The van der Waals surface area contributed by atoms with Gasteiger partial charge in [-0.3, -0.25) is 9.36 Å². The fraction of sp³-hybridized carbons (Fsp3) is 0.0833. The zero-order valence-electron chi connectivity index (χ0n) is 9.42. The molecule has 0 fully saturated rings. The van der Waals surface area contributed by atoms with Crippen molar-refractivity contribution in [1.29, 1.82) is 0 Å². The highest BCUT2D eigenvalue weighted by molar-refractivity contribution is 9.11. The number of fused-ring (bicyclic) bond motifs is 1. The quantitative estimate of drug-likeness (QED) is 0.692. The molecule has 0 amide bonds. The Morgan fingerprint density at radius 1 is 1.22 bits per heavy atom. The number of benzene rings is 1. The molecule has 0 N–H and O–H groups in total. The molecule has 0 saturated carbocycles. The molecule has 0 saturated heterocycles. The van der Waals surface area contributed by atoms with E-state index >= 15 is 0 Å². The van der Waals surface area contributed by atoms with Gasteiger partial charge in [0, 0.05) is 12.6 Å². The lowest BCUT2D eigenvalue weighted by Gasteiger charge is -2.06. The number of aromatic nitrogens is 3. The zero-order chi connectivity index (χ0) is 12.7. The first-order valence-corrected chi connectivity index (χ1v) is 6.86. The molecule has 0 bridgehead atoms. The second kappa shape index (κ2) is 4.29. The summed E-state index contributed by atoms with van der Waals surface area (Å²) in [6.07, 6.45) is 0. The van der Waals surface area contributed by atoms with E-state index < -0.39 is 0 Å². The Balaban J connectivity index is 2.37. The first-order chi connectivity index (χ1) is 8.66. The first kappa shape index (κ1) is 11.6. The lowest BCUT2D eigenvalue weighted by Crippen LogP contribution is -2.20. The third-order valence-electron chi connectivity index (χ3n) is 2.65. The van der Waals surface area contributed by atoms with Crippen molar-refractivity contribution in [2.24, 2.45) is 7.05 Å². The lowest BCUT2D eigenvalue weighted by molar-refractivity contribution is 0.854. The molecule has 1 aromatic carbocycles. The highest BCUT2D eigenvalue weighted by Gasteiger charge is 2.13. The molecular weight excluding hydrogens is 314 g/mol. The van der Waals surface area contributed by atoms with Gasteiger partial charge in [0.25, 0.3) is 5.56 Å². The average Bonchev–Trinajstić information content (AvgIpc) is 2.76. The van der Waals surface area contributed by atoms with E-state index in [2.05, 4.69) is 25.9 Å². The maximum Gasteiger partial charge on any atom is 0.280 e. The molecule has 0 atom stereocenters. The molecule has 2 heterocycles. The Morgan fingerprint density at radius 2 is 1.94 bits per heavy atom. The van der Waals surface area contributed by atoms with Crippen LogP contribution >= 0.6 is 27.3 Å². The largest absolute Gasteiger partial charge is 0.294 e. The van der Waals surface area contributed by atoms with E-state index in [4.69, 9.17) is 0 Å². The number of hydrogen-bond acceptors (Lipinski definition) is 4. The summed E-state index contributed by atoms with van der Waals surface area (Å²) >= 11 is 4.65. The number of thiazole rings is 1. The van der Waals surface area contributed by atoms with E-state index in [0.29, 0.717) is 20.1 Å². The number of halogens is 1. The van der Waals surface area contributed by atoms with Gasteiger partial charge in [-0.1, -0.05) is 41.7 Å². The lowest BCUT2D eigenvalue weighted by atomic mass is 10.2. The van der Waals surface area contributed by atoms with Crippen LogP contribution in [0.2, 0.25) is 0 Å². The van der Waals surface area contributed by atoms with Gasteiger partial charge in [0.1, 0.15) is 5.82 Å². The molecule has 0 unspecified atom stereocenters. The molecular formula is C12H8BrN3OS. The van der Waals surface area contributed by atoms with Crippen molar-refractivity contribution in [3.8, 4) is 11.4 Å². The second-order valence-electron chi connectivity index (χ2n) is 3.79. The number of hydrogen-bond donors (Lipinski definition) is 0. The van der Waals surface area contributed by atoms with Gasteiger partial charge >= 0.3 is 0 Å². The molecule has 3 rings (SSSR count). The van der Waals surface area contributed by atoms with Crippen molar-refractivity contribution < 1.29 is 0 Å². The number of nitrogens with zero attached hydrogens (tertiary/aromatic N) is 3. The van der Waals surface area contributed by atoms with E-state index in [0.717, 1.165) is 5.56 Å². The van der Waals surface area contributed by atoms with Gasteiger partial charge in [0.15, 0.2) is 14.3 Å². The third-order valence-corrected chi connectivity index (χ3v) is 4.05. The highest BCUT2D eigenvalue weighted by Crippen LogP contribution is 2.24. The minimum absolute atomic E-state index is 0.124. The Morgan fingerprint density at radius 3 is 2.67 bits per heavy atom. The normalized spacial score (nSPS) is 11.0. The van der Waals surface area contributed by atoms with Crippen LogP contribution in [0.4, 0.5) is 0 Å². The summed E-state index contributed by atoms with van der Waals surface area (Å²) in [6.45, 7) is 0. The topological polar surface area (TPSA) is 47.8 Å². The van der Waals surface area contributed by atoms with Crippen LogP contribution in [0.5, 0.6) is 0 Å². The predicted octanol–water partition coefficient (Wildman–Crippen LogP) is 2.82. The van der Waals surface area contributed by atoms with Gasteiger partial charge in [-0.25, -0.2) is 9.97 Å². The van der Waals surface area contributed by atoms with E-state index in [1.807, 2.05) is 30.3 Å². The van der Waals surface area contributed by atoms with Crippen molar-refractivity contribution >= 4 is 37.6 Å². The summed E-state index contributed by atoms with van der Waals surface area (Å²) in [7, 11) is 1.71. The fourth-order valence-electron chi connectivity index (χ4n) is 1.77. The van der Waals surface area contributed by atoms with E-state index in [-0.39, 0.29) is 5.56 Å². The van der Waals surface area contributed by atoms with Crippen molar-refractivity contribution in [2.45, 2.75) is 0 Å². The van der Waals surface area contributed by atoms with Gasteiger partial charge in [-0.15, -0.1) is 0 Å². The Kier molecular flexibility index (Phi) is 2.76. The standard InChI is InChI=1S/C12H8BrN3OS/c1-16-9(7-5-3-2-4-6-7)15-10-8(11(16)17)14-12(13)18-10/h2-6H,1H3. The summed E-state index contributed by atoms with van der Waals surface area (Å²) in [5, 5.41) is 0. The van der Waals surface area contributed by atoms with Crippen molar-refractivity contribution in [1.82, 2.24) is 14.5 Å². The summed E-state index contributed by atoms with van der Waals surface area (Å²) in [5.41, 5.74) is 1.21.